The van der Waals surface area contributed by atoms with Crippen molar-refractivity contribution in [2.75, 3.05) is 6.54 Å². The van der Waals surface area contributed by atoms with Gasteiger partial charge >= 0.3 is 0 Å². The van der Waals surface area contributed by atoms with Crippen LogP contribution >= 0.6 is 0 Å². The quantitative estimate of drug-likeness (QED) is 0.726. The van der Waals surface area contributed by atoms with Crippen molar-refractivity contribution in [1.82, 2.24) is 5.32 Å². The van der Waals surface area contributed by atoms with Crippen LogP contribution in [0.15, 0.2) is 30.3 Å². The largest absolute Gasteiger partial charge is 0.313 e. The average Bonchev–Trinajstić information content (AvgIpc) is 2.53. The molecule has 1 saturated heterocycles. The van der Waals surface area contributed by atoms with Crippen LogP contribution in [0.1, 0.15) is 18.9 Å². The molecule has 1 heteroatoms. The number of nitrogens with one attached hydrogen (secondary N) is 1. The average molecular weight is 175 g/mol. The second-order valence-electron chi connectivity index (χ2n) is 4.14. The third-order valence-electron chi connectivity index (χ3n) is 2.77. The van der Waals surface area contributed by atoms with E-state index in [4.69, 9.17) is 0 Å². The number of rotatable bonds is 2. The second kappa shape index (κ2) is 3.93. The molecule has 1 aliphatic heterocycles. The highest BCUT2D eigenvalue weighted by molar-refractivity contribution is 5.16. The van der Waals surface area contributed by atoms with Crippen LogP contribution in [-0.2, 0) is 6.42 Å². The molecule has 1 fully saturated rings. The van der Waals surface area contributed by atoms with Gasteiger partial charge in [0.1, 0.15) is 0 Å². The minimum atomic E-state index is 0.706. The van der Waals surface area contributed by atoms with E-state index in [1.54, 1.807) is 0 Å². The molecule has 1 aromatic carbocycles. The van der Waals surface area contributed by atoms with Crippen molar-refractivity contribution in [3.8, 4) is 0 Å². The first kappa shape index (κ1) is 8.76. The molecule has 0 spiro atoms. The minimum Gasteiger partial charge on any atom is -0.313 e. The van der Waals surface area contributed by atoms with Gasteiger partial charge in [-0.2, -0.15) is 0 Å². The lowest BCUT2D eigenvalue weighted by Gasteiger charge is -2.09. The van der Waals surface area contributed by atoms with Crippen LogP contribution in [0.5, 0.6) is 0 Å². The summed E-state index contributed by atoms with van der Waals surface area (Å²) in [5.74, 6) is 0.855. The monoisotopic (exact) mass is 175 g/mol. The van der Waals surface area contributed by atoms with Gasteiger partial charge in [0, 0.05) is 6.04 Å². The van der Waals surface area contributed by atoms with Crippen LogP contribution in [0.2, 0.25) is 0 Å². The Kier molecular flexibility index (Phi) is 2.65. The highest BCUT2D eigenvalue weighted by atomic mass is 14.9. The summed E-state index contributed by atoms with van der Waals surface area (Å²) in [6, 6.07) is 11.4. The molecule has 0 aliphatic carbocycles. The van der Waals surface area contributed by atoms with E-state index in [9.17, 15) is 0 Å². The van der Waals surface area contributed by atoms with E-state index in [1.807, 2.05) is 0 Å². The van der Waals surface area contributed by atoms with Crippen LogP contribution in [0.25, 0.3) is 0 Å². The maximum Gasteiger partial charge on any atom is 0.0111 e. The smallest absolute Gasteiger partial charge is 0.0111 e. The molecule has 1 nitrogen and oxygen atoms in total. The Morgan fingerprint density at radius 3 is 2.69 bits per heavy atom. The van der Waals surface area contributed by atoms with Crippen molar-refractivity contribution in [3.05, 3.63) is 35.9 Å². The first-order valence-electron chi connectivity index (χ1n) is 5.12. The molecule has 0 bridgehead atoms. The maximum absolute atomic E-state index is 3.55. The molecule has 2 rings (SSSR count). The molecule has 1 aliphatic rings. The molecule has 0 aromatic heterocycles. The highest BCUT2D eigenvalue weighted by Gasteiger charge is 2.19. The van der Waals surface area contributed by atoms with Crippen LogP contribution in [0.3, 0.4) is 0 Å². The highest BCUT2D eigenvalue weighted by Crippen LogP contribution is 2.16. The summed E-state index contributed by atoms with van der Waals surface area (Å²) in [6.07, 6.45) is 2.51. The summed E-state index contributed by atoms with van der Waals surface area (Å²) < 4.78 is 0. The third-order valence-corrected chi connectivity index (χ3v) is 2.77. The summed E-state index contributed by atoms with van der Waals surface area (Å²) in [6.45, 7) is 3.51. The van der Waals surface area contributed by atoms with E-state index in [1.165, 1.54) is 24.9 Å². The zero-order chi connectivity index (χ0) is 9.10. The molecule has 13 heavy (non-hydrogen) atoms. The number of hydrogen-bond acceptors (Lipinski definition) is 1. The molecule has 70 valence electrons. The van der Waals surface area contributed by atoms with Gasteiger partial charge in [-0.1, -0.05) is 37.3 Å². The van der Waals surface area contributed by atoms with Gasteiger partial charge in [0.25, 0.3) is 0 Å². The van der Waals surface area contributed by atoms with Gasteiger partial charge in [0.2, 0.25) is 0 Å². The van der Waals surface area contributed by atoms with Gasteiger partial charge in [-0.3, -0.25) is 0 Å². The van der Waals surface area contributed by atoms with Gasteiger partial charge in [-0.15, -0.1) is 0 Å². The SMILES string of the molecule is CC1CNC(Cc2ccccc2)C1. The van der Waals surface area contributed by atoms with Crippen molar-refractivity contribution in [1.29, 1.82) is 0 Å². The van der Waals surface area contributed by atoms with Gasteiger partial charge < -0.3 is 5.32 Å². The molecule has 1 heterocycles. The van der Waals surface area contributed by atoms with Gasteiger partial charge in [-0.25, -0.2) is 0 Å². The lowest BCUT2D eigenvalue weighted by Crippen LogP contribution is -2.23. The van der Waals surface area contributed by atoms with Crippen molar-refractivity contribution in [2.45, 2.75) is 25.8 Å². The molecular weight excluding hydrogens is 158 g/mol. The minimum absolute atomic E-state index is 0.706. The Labute approximate surface area is 80.2 Å². The lowest BCUT2D eigenvalue weighted by molar-refractivity contribution is 0.581. The van der Waals surface area contributed by atoms with Crippen LogP contribution < -0.4 is 5.32 Å². The van der Waals surface area contributed by atoms with E-state index in [0.29, 0.717) is 6.04 Å². The fraction of sp³-hybridized carbons (Fsp3) is 0.500. The summed E-state index contributed by atoms with van der Waals surface area (Å²) in [5, 5.41) is 3.55. The Morgan fingerprint density at radius 2 is 2.08 bits per heavy atom. The van der Waals surface area contributed by atoms with Crippen molar-refractivity contribution >= 4 is 0 Å². The van der Waals surface area contributed by atoms with Crippen LogP contribution in [-0.4, -0.2) is 12.6 Å². The Morgan fingerprint density at radius 1 is 1.31 bits per heavy atom. The molecular formula is C12H17N. The third kappa shape index (κ3) is 2.31. The summed E-state index contributed by atoms with van der Waals surface area (Å²) >= 11 is 0. The molecule has 0 saturated carbocycles. The first-order valence-corrected chi connectivity index (χ1v) is 5.12. The molecule has 2 unspecified atom stereocenters. The molecule has 1 N–H and O–H groups in total. The van der Waals surface area contributed by atoms with E-state index >= 15 is 0 Å². The molecule has 0 radical (unpaired) electrons. The summed E-state index contributed by atoms with van der Waals surface area (Å²) in [5.41, 5.74) is 1.45. The zero-order valence-electron chi connectivity index (χ0n) is 8.16. The fourth-order valence-corrected chi connectivity index (χ4v) is 2.07. The van der Waals surface area contributed by atoms with E-state index < -0.39 is 0 Å². The van der Waals surface area contributed by atoms with E-state index in [0.717, 1.165) is 5.92 Å². The van der Waals surface area contributed by atoms with E-state index in [-0.39, 0.29) is 0 Å². The predicted molar refractivity (Wildman–Crippen MR) is 55.7 cm³/mol. The lowest BCUT2D eigenvalue weighted by atomic mass is 10.0. The van der Waals surface area contributed by atoms with Gasteiger partial charge in [0.05, 0.1) is 0 Å². The van der Waals surface area contributed by atoms with Crippen molar-refractivity contribution in [3.63, 3.8) is 0 Å². The Bertz CT molecular complexity index is 255. The molecule has 2 atom stereocenters. The number of hydrogen-bond donors (Lipinski definition) is 1. The zero-order valence-corrected chi connectivity index (χ0v) is 8.16. The maximum atomic E-state index is 3.55. The topological polar surface area (TPSA) is 12.0 Å². The summed E-state index contributed by atoms with van der Waals surface area (Å²) in [4.78, 5) is 0. The second-order valence-corrected chi connectivity index (χ2v) is 4.14. The van der Waals surface area contributed by atoms with E-state index in [2.05, 4.69) is 42.6 Å². The van der Waals surface area contributed by atoms with Crippen LogP contribution in [0, 0.1) is 5.92 Å². The van der Waals surface area contributed by atoms with Crippen LogP contribution in [0.4, 0.5) is 0 Å². The fourth-order valence-electron chi connectivity index (χ4n) is 2.07. The number of benzene rings is 1. The van der Waals surface area contributed by atoms with Gasteiger partial charge in [0.15, 0.2) is 0 Å². The Hall–Kier alpha value is -0.820. The molecule has 1 aromatic rings. The first-order chi connectivity index (χ1) is 6.34. The molecule has 0 amide bonds. The Balaban J connectivity index is 1.92. The normalized spacial score (nSPS) is 27.8. The summed E-state index contributed by atoms with van der Waals surface area (Å²) in [7, 11) is 0. The standard InChI is InChI=1S/C12H17N/c1-10-7-12(13-9-10)8-11-5-3-2-4-6-11/h2-6,10,12-13H,7-9H2,1H3. The van der Waals surface area contributed by atoms with Gasteiger partial charge in [-0.05, 0) is 30.9 Å². The predicted octanol–water partition coefficient (Wildman–Crippen LogP) is 2.23. The van der Waals surface area contributed by atoms with Crippen molar-refractivity contribution in [2.24, 2.45) is 5.92 Å². The van der Waals surface area contributed by atoms with Crippen molar-refractivity contribution < 1.29 is 0 Å².